The predicted octanol–water partition coefficient (Wildman–Crippen LogP) is 4.10. The van der Waals surface area contributed by atoms with Gasteiger partial charge in [0.25, 0.3) is 0 Å². The van der Waals surface area contributed by atoms with Crippen LogP contribution in [0.25, 0.3) is 0 Å². The molecule has 0 N–H and O–H groups in total. The van der Waals surface area contributed by atoms with Crippen molar-refractivity contribution in [1.82, 2.24) is 0 Å². The molecule has 4 rings (SSSR count). The van der Waals surface area contributed by atoms with E-state index in [0.29, 0.717) is 11.8 Å². The van der Waals surface area contributed by atoms with E-state index in [4.69, 9.17) is 9.47 Å². The van der Waals surface area contributed by atoms with Crippen molar-refractivity contribution in [3.05, 3.63) is 29.8 Å². The lowest BCUT2D eigenvalue weighted by Crippen LogP contribution is -2.58. The molecule has 0 spiro atoms. The van der Waals surface area contributed by atoms with Crippen molar-refractivity contribution in [2.24, 2.45) is 11.8 Å². The number of para-hydroxylation sites is 1. The van der Waals surface area contributed by atoms with Crippen molar-refractivity contribution < 1.29 is 9.47 Å². The molecule has 2 heterocycles. The summed E-state index contributed by atoms with van der Waals surface area (Å²) in [6.45, 7) is 6.79. The summed E-state index contributed by atoms with van der Waals surface area (Å²) >= 11 is 0. The fourth-order valence-electron chi connectivity index (χ4n) is 4.37. The normalized spacial score (nSPS) is 42.2. The molecule has 1 saturated carbocycles. The number of ether oxygens (including phenoxy) is 2. The molecule has 2 fully saturated rings. The second kappa shape index (κ2) is 3.54. The Labute approximate surface area is 115 Å². The van der Waals surface area contributed by atoms with Crippen LogP contribution >= 0.6 is 0 Å². The lowest BCUT2D eigenvalue weighted by Gasteiger charge is -2.58. The van der Waals surface area contributed by atoms with Crippen molar-refractivity contribution in [1.29, 1.82) is 0 Å². The second-order valence-corrected chi connectivity index (χ2v) is 7.17. The smallest absolute Gasteiger partial charge is 0.125 e. The van der Waals surface area contributed by atoms with E-state index in [2.05, 4.69) is 45.0 Å². The molecule has 1 aromatic rings. The fourth-order valence-corrected chi connectivity index (χ4v) is 4.37. The maximum absolute atomic E-state index is 6.52. The molecule has 2 aliphatic heterocycles. The van der Waals surface area contributed by atoms with Crippen LogP contribution in [0.4, 0.5) is 0 Å². The van der Waals surface area contributed by atoms with Crippen LogP contribution in [0, 0.1) is 11.8 Å². The van der Waals surface area contributed by atoms with Crippen LogP contribution in [-0.2, 0) is 4.74 Å². The molecule has 0 amide bonds. The largest absolute Gasteiger partial charge is 0.487 e. The van der Waals surface area contributed by atoms with Gasteiger partial charge in [-0.15, -0.1) is 0 Å². The van der Waals surface area contributed by atoms with Crippen molar-refractivity contribution in [3.63, 3.8) is 0 Å². The van der Waals surface area contributed by atoms with Gasteiger partial charge >= 0.3 is 0 Å². The second-order valence-electron chi connectivity index (χ2n) is 7.17. The van der Waals surface area contributed by atoms with Crippen molar-refractivity contribution >= 4 is 0 Å². The molecule has 19 heavy (non-hydrogen) atoms. The average Bonchev–Trinajstić information content (AvgIpc) is 2.36. The van der Waals surface area contributed by atoms with Crippen molar-refractivity contribution in [2.45, 2.75) is 57.3 Å². The molecular formula is C17H22O2. The molecule has 2 bridgehead atoms. The first kappa shape index (κ1) is 11.8. The Bertz CT molecular complexity index is 522. The van der Waals surface area contributed by atoms with E-state index in [1.54, 1.807) is 0 Å². The van der Waals surface area contributed by atoms with E-state index in [1.807, 2.05) is 0 Å². The van der Waals surface area contributed by atoms with Gasteiger partial charge in [0.1, 0.15) is 11.4 Å². The number of hydrogen-bond donors (Lipinski definition) is 0. The zero-order chi connectivity index (χ0) is 13.3. The highest BCUT2D eigenvalue weighted by Gasteiger charge is 2.57. The zero-order valence-corrected chi connectivity index (χ0v) is 12.0. The topological polar surface area (TPSA) is 18.5 Å². The van der Waals surface area contributed by atoms with E-state index in [9.17, 15) is 0 Å². The summed E-state index contributed by atoms with van der Waals surface area (Å²) in [5, 5.41) is 0. The first-order valence-corrected chi connectivity index (χ1v) is 7.45. The average molecular weight is 258 g/mol. The Kier molecular flexibility index (Phi) is 2.20. The Hall–Kier alpha value is -1.02. The van der Waals surface area contributed by atoms with E-state index >= 15 is 0 Å². The third-order valence-corrected chi connectivity index (χ3v) is 5.66. The molecular weight excluding hydrogens is 236 g/mol. The van der Waals surface area contributed by atoms with Crippen molar-refractivity contribution in [3.8, 4) is 5.75 Å². The van der Waals surface area contributed by atoms with Gasteiger partial charge in [0.2, 0.25) is 0 Å². The van der Waals surface area contributed by atoms with Crippen LogP contribution in [0.5, 0.6) is 5.75 Å². The molecule has 0 aromatic heterocycles. The molecule has 1 aromatic carbocycles. The van der Waals surface area contributed by atoms with Gasteiger partial charge in [-0.1, -0.05) is 18.2 Å². The van der Waals surface area contributed by atoms with Crippen LogP contribution in [0.15, 0.2) is 24.3 Å². The van der Waals surface area contributed by atoms with Gasteiger partial charge in [0, 0.05) is 11.5 Å². The summed E-state index contributed by atoms with van der Waals surface area (Å²) in [4.78, 5) is 0. The Morgan fingerprint density at radius 1 is 1.16 bits per heavy atom. The first-order valence-electron chi connectivity index (χ1n) is 7.45. The molecule has 102 valence electrons. The van der Waals surface area contributed by atoms with Crippen LogP contribution in [0.1, 0.15) is 51.7 Å². The minimum absolute atomic E-state index is 0.00700. The van der Waals surface area contributed by atoms with Gasteiger partial charge in [-0.25, -0.2) is 0 Å². The van der Waals surface area contributed by atoms with Gasteiger partial charge in [-0.05, 0) is 52.0 Å². The molecule has 1 aliphatic carbocycles. The zero-order valence-electron chi connectivity index (χ0n) is 12.0. The summed E-state index contributed by atoms with van der Waals surface area (Å²) in [6, 6.07) is 8.41. The molecule has 2 heteroatoms. The monoisotopic (exact) mass is 258 g/mol. The minimum atomic E-state index is -0.0357. The van der Waals surface area contributed by atoms with E-state index < -0.39 is 0 Å². The van der Waals surface area contributed by atoms with Gasteiger partial charge in [0.15, 0.2) is 0 Å². The summed E-state index contributed by atoms with van der Waals surface area (Å²) in [6.07, 6.45) is 3.82. The Morgan fingerprint density at radius 3 is 2.79 bits per heavy atom. The van der Waals surface area contributed by atoms with Gasteiger partial charge in [0.05, 0.1) is 11.7 Å². The lowest BCUT2D eigenvalue weighted by atomic mass is 9.61. The SMILES string of the molecule is CC1(C)O[C@@H]2c3ccccc3O[C@]3(C)CC[C@H]1C[C@@H]23. The highest BCUT2D eigenvalue weighted by Crippen LogP contribution is 2.59. The van der Waals surface area contributed by atoms with Crippen molar-refractivity contribution in [2.75, 3.05) is 0 Å². The maximum atomic E-state index is 6.52. The Morgan fingerprint density at radius 2 is 1.95 bits per heavy atom. The van der Waals surface area contributed by atoms with Crippen LogP contribution in [0.3, 0.4) is 0 Å². The van der Waals surface area contributed by atoms with E-state index in [-0.39, 0.29) is 17.3 Å². The Balaban J connectivity index is 1.86. The highest BCUT2D eigenvalue weighted by atomic mass is 16.5. The summed E-state index contributed by atoms with van der Waals surface area (Å²) in [5.74, 6) is 2.22. The molecule has 0 radical (unpaired) electrons. The van der Waals surface area contributed by atoms with Gasteiger partial charge in [-0.2, -0.15) is 0 Å². The summed E-state index contributed by atoms with van der Waals surface area (Å²) < 4.78 is 12.9. The fraction of sp³-hybridized carbons (Fsp3) is 0.647. The van der Waals surface area contributed by atoms with E-state index in [1.165, 1.54) is 18.4 Å². The number of fused-ring (bicyclic) bond motifs is 3. The van der Waals surface area contributed by atoms with Crippen LogP contribution in [-0.4, -0.2) is 11.2 Å². The number of hydrogen-bond acceptors (Lipinski definition) is 2. The number of rotatable bonds is 0. The van der Waals surface area contributed by atoms with Crippen LogP contribution in [0.2, 0.25) is 0 Å². The van der Waals surface area contributed by atoms with Gasteiger partial charge in [-0.3, -0.25) is 0 Å². The van der Waals surface area contributed by atoms with Gasteiger partial charge < -0.3 is 9.47 Å². The standard InChI is InChI=1S/C17H22O2/c1-16(2)11-8-9-17(3)13(10-11)15(19-16)12-6-4-5-7-14(12)18-17/h4-7,11,13,15H,8-10H2,1-3H3/t11-,13-,15+,17+/m0/s1. The molecule has 3 aliphatic rings. The first-order chi connectivity index (χ1) is 9.00. The molecule has 4 atom stereocenters. The third kappa shape index (κ3) is 1.53. The summed E-state index contributed by atoms with van der Waals surface area (Å²) in [7, 11) is 0. The van der Waals surface area contributed by atoms with Crippen LogP contribution < -0.4 is 4.74 Å². The molecule has 1 saturated heterocycles. The molecule has 0 unspecified atom stereocenters. The number of benzene rings is 1. The predicted molar refractivity (Wildman–Crippen MR) is 74.2 cm³/mol. The van der Waals surface area contributed by atoms with E-state index in [0.717, 1.165) is 12.2 Å². The lowest BCUT2D eigenvalue weighted by molar-refractivity contribution is -0.237. The maximum Gasteiger partial charge on any atom is 0.125 e. The third-order valence-electron chi connectivity index (χ3n) is 5.66. The highest BCUT2D eigenvalue weighted by molar-refractivity contribution is 5.40. The quantitative estimate of drug-likeness (QED) is 0.697. The summed E-state index contributed by atoms with van der Waals surface area (Å²) in [5.41, 5.74) is 1.21. The minimum Gasteiger partial charge on any atom is -0.487 e. The molecule has 2 nitrogen and oxygen atoms in total.